The third kappa shape index (κ3) is 13.2. The zero-order chi connectivity index (χ0) is 48.7. The number of thiazole rings is 2. The summed E-state index contributed by atoms with van der Waals surface area (Å²) in [6.45, 7) is 5.57. The number of carbonyl (C=O) groups excluding carboxylic acids is 2. The molecule has 1 radical (unpaired) electrons. The first-order chi connectivity index (χ1) is 34.3. The van der Waals surface area contributed by atoms with Gasteiger partial charge in [-0.2, -0.15) is 20.4 Å². The topological polar surface area (TPSA) is 251 Å². The molecule has 363 valence electrons. The van der Waals surface area contributed by atoms with Crippen LogP contribution >= 0.6 is 38.6 Å². The summed E-state index contributed by atoms with van der Waals surface area (Å²) in [5, 5.41) is 40.6. The maximum atomic E-state index is 13.0. The van der Waals surface area contributed by atoms with Crippen LogP contribution in [0.4, 0.5) is 11.4 Å². The third-order valence-electron chi connectivity index (χ3n) is 11.5. The number of nitrogens with zero attached hydrogens (tertiary/aromatic N) is 10. The van der Waals surface area contributed by atoms with E-state index in [0.717, 1.165) is 80.8 Å². The fourth-order valence-electron chi connectivity index (χ4n) is 8.12. The Morgan fingerprint density at radius 1 is 0.743 bits per heavy atom. The Hall–Kier alpha value is -6.44. The Morgan fingerprint density at radius 2 is 1.27 bits per heavy atom. The van der Waals surface area contributed by atoms with Crippen LogP contribution in [0.1, 0.15) is 98.3 Å². The summed E-state index contributed by atoms with van der Waals surface area (Å²) >= 11 is 6.08. The molecule has 0 atom stereocenters. The van der Waals surface area contributed by atoms with E-state index in [1.165, 1.54) is 35.1 Å². The van der Waals surface area contributed by atoms with E-state index in [4.69, 9.17) is 24.7 Å². The predicted octanol–water partition coefficient (Wildman–Crippen LogP) is 8.82. The van der Waals surface area contributed by atoms with Gasteiger partial charge in [-0.1, -0.05) is 12.1 Å². The largest absolute Gasteiger partial charge is 0.569 e. The maximum Gasteiger partial charge on any atom is 0.569 e. The quantitative estimate of drug-likeness (QED) is 0.0602. The van der Waals surface area contributed by atoms with E-state index in [1.54, 1.807) is 35.5 Å². The minimum Gasteiger partial charge on any atom is -0.535 e. The highest BCUT2D eigenvalue weighted by molar-refractivity contribution is 9.11. The normalized spacial score (nSPS) is 17.6. The first-order valence-electron chi connectivity index (χ1n) is 22.8. The van der Waals surface area contributed by atoms with Crippen molar-refractivity contribution >= 4 is 69.5 Å². The molecular weight excluding hydrogens is 999 g/mol. The van der Waals surface area contributed by atoms with Crippen LogP contribution < -0.4 is 15.3 Å². The van der Waals surface area contributed by atoms with Crippen molar-refractivity contribution in [2.24, 2.45) is 0 Å². The number of aromatic amines is 2. The average molecular weight is 1050 g/mol. The second-order valence-electron chi connectivity index (χ2n) is 16.0. The number of nitrogens with one attached hydrogen (secondary N) is 4. The van der Waals surface area contributed by atoms with Gasteiger partial charge in [-0.15, -0.1) is 22.7 Å². The van der Waals surface area contributed by atoms with E-state index in [1.807, 2.05) is 72.0 Å². The van der Waals surface area contributed by atoms with Gasteiger partial charge in [0.1, 0.15) is 33.5 Å². The summed E-state index contributed by atoms with van der Waals surface area (Å²) in [6.07, 6.45) is 22.4. The molecule has 0 aromatic carbocycles. The lowest BCUT2D eigenvalue weighted by molar-refractivity contribution is 0.0258. The van der Waals surface area contributed by atoms with Crippen LogP contribution in [0.15, 0.2) is 101 Å². The molecule has 24 heteroatoms. The lowest BCUT2D eigenvalue weighted by atomic mass is 9.93. The van der Waals surface area contributed by atoms with Gasteiger partial charge in [0.25, 0.3) is 11.8 Å². The molecule has 10 rings (SSSR count). The molecule has 0 aliphatic heterocycles. The molecule has 20 nitrogen and oxygen atoms in total. The number of amides is 2. The highest BCUT2D eigenvalue weighted by Crippen LogP contribution is 2.36. The number of aromatic nitrogens is 12. The minimum absolute atomic E-state index is 0.260. The average Bonchev–Trinajstić information content (AvgIpc) is 4.26. The lowest BCUT2D eigenvalue weighted by Crippen LogP contribution is -2.24. The summed E-state index contributed by atoms with van der Waals surface area (Å²) in [6, 6.07) is 11.9. The fraction of sp³-hybridized carbons (Fsp3) is 0.348. The number of H-pyrrole nitrogens is 2. The first-order valence-corrected chi connectivity index (χ1v) is 25.4. The zero-order valence-corrected chi connectivity index (χ0v) is 41.6. The predicted molar refractivity (Wildman–Crippen MR) is 269 cm³/mol. The van der Waals surface area contributed by atoms with Gasteiger partial charge in [0.05, 0.1) is 65.6 Å². The van der Waals surface area contributed by atoms with Gasteiger partial charge >= 0.3 is 7.69 Å². The fourth-order valence-corrected chi connectivity index (χ4v) is 9.89. The molecule has 2 saturated carbocycles. The molecule has 2 aliphatic carbocycles. The van der Waals surface area contributed by atoms with Crippen LogP contribution in [-0.2, 0) is 9.47 Å². The maximum absolute atomic E-state index is 13.0. The summed E-state index contributed by atoms with van der Waals surface area (Å²) in [5.41, 5.74) is 5.61. The summed E-state index contributed by atoms with van der Waals surface area (Å²) in [5.74, 6) is -0.0472. The number of hydrogen-bond acceptors (Lipinski definition) is 16. The van der Waals surface area contributed by atoms with Crippen LogP contribution in [0.2, 0.25) is 0 Å². The number of carbonyl (C=O) groups is 2. The number of anilines is 2. The molecule has 0 spiro atoms. The summed E-state index contributed by atoms with van der Waals surface area (Å²) < 4.78 is 20.7. The Balaban J connectivity index is 0.000000163. The SMILES string of the molecule is CCOC1CCC(n2cc(NC(=O)c3csc(-c4cn[nH]c4)n3)c(-c3ccccn3)n2)CC1.CCOC1CCC(n2cc(NC(=O)c3csc(Br)n3)c(-c3ccccn3)n2)CC1.O[B]Oc1cn[nH]c1. The van der Waals surface area contributed by atoms with Gasteiger partial charge in [-0.05, 0) is 105 Å². The van der Waals surface area contributed by atoms with Crippen LogP contribution in [0.25, 0.3) is 33.3 Å². The van der Waals surface area contributed by atoms with E-state index in [0.29, 0.717) is 69.4 Å². The monoisotopic (exact) mass is 1050 g/mol. The van der Waals surface area contributed by atoms with Crippen LogP contribution in [0.3, 0.4) is 0 Å². The molecule has 0 unspecified atom stereocenters. The molecule has 2 fully saturated rings. The number of rotatable bonds is 15. The van der Waals surface area contributed by atoms with E-state index >= 15 is 0 Å². The molecular formula is C46H51BBrN14O6S2. The van der Waals surface area contributed by atoms with Crippen molar-refractivity contribution in [3.63, 3.8) is 0 Å². The standard InChI is InChI=1S/C23H25N7O2S.C20H22BrN5O2S.C3H4BN2O2/c1-2-32-17-8-6-16(7-9-17)30-13-19(21(29-30)18-5-3-4-10-24-18)27-22(31)20-14-33-23(28-20)15-11-25-26-12-15;1-2-28-14-8-6-13(7-9-14)26-11-16(18(25-26)15-5-3-4-10-22-15)23-19(27)17-12-29-20(21)24-17;7-4-8-3-1-5-6-2-3/h3-5,10-14,16-17H,2,6-9H2,1H3,(H,25,26)(H,27,31);3-5,10-14H,2,6-9H2,1H3,(H,23,27);1-2,7H,(H,5,6). The van der Waals surface area contributed by atoms with Crippen molar-refractivity contribution in [3.8, 4) is 39.1 Å². The lowest BCUT2D eigenvalue weighted by Gasteiger charge is -2.28. The molecule has 8 aromatic heterocycles. The molecule has 2 amide bonds. The van der Waals surface area contributed by atoms with Crippen molar-refractivity contribution in [1.82, 2.24) is 59.9 Å². The van der Waals surface area contributed by atoms with Crippen molar-refractivity contribution in [3.05, 3.63) is 112 Å². The molecule has 0 bridgehead atoms. The molecule has 0 saturated heterocycles. The summed E-state index contributed by atoms with van der Waals surface area (Å²) in [4.78, 5) is 43.2. The molecule has 8 heterocycles. The Bertz CT molecular complexity index is 2830. The number of pyridine rings is 2. The molecule has 70 heavy (non-hydrogen) atoms. The Labute approximate surface area is 420 Å². The van der Waals surface area contributed by atoms with Crippen molar-refractivity contribution in [2.75, 3.05) is 23.8 Å². The van der Waals surface area contributed by atoms with Gasteiger partial charge in [-0.3, -0.25) is 39.1 Å². The van der Waals surface area contributed by atoms with E-state index in [9.17, 15) is 9.59 Å². The smallest absolute Gasteiger partial charge is 0.535 e. The number of halogens is 1. The Kier molecular flexibility index (Phi) is 17.8. The van der Waals surface area contributed by atoms with Gasteiger partial charge in [-0.25, -0.2) is 9.97 Å². The summed E-state index contributed by atoms with van der Waals surface area (Å²) in [7, 11) is 0.602. The number of hydrogen-bond donors (Lipinski definition) is 5. The van der Waals surface area contributed by atoms with Gasteiger partial charge in [0.2, 0.25) is 0 Å². The van der Waals surface area contributed by atoms with Gasteiger partial charge in [0, 0.05) is 60.5 Å². The van der Waals surface area contributed by atoms with Crippen molar-refractivity contribution in [2.45, 2.75) is 89.5 Å². The van der Waals surface area contributed by atoms with Gasteiger partial charge in [0.15, 0.2) is 3.92 Å². The van der Waals surface area contributed by atoms with Crippen molar-refractivity contribution in [1.29, 1.82) is 0 Å². The second-order valence-corrected chi connectivity index (χ2v) is 19.0. The highest BCUT2D eigenvalue weighted by Gasteiger charge is 2.28. The van der Waals surface area contributed by atoms with Crippen LogP contribution in [0, 0.1) is 0 Å². The Morgan fingerprint density at radius 3 is 1.71 bits per heavy atom. The van der Waals surface area contributed by atoms with E-state index in [-0.39, 0.29) is 23.9 Å². The number of ether oxygens (including phenoxy) is 2. The molecule has 8 aromatic rings. The first kappa shape index (κ1) is 50.0. The van der Waals surface area contributed by atoms with Crippen LogP contribution in [-0.4, -0.2) is 110 Å². The highest BCUT2D eigenvalue weighted by atomic mass is 79.9. The molecule has 5 N–H and O–H groups in total. The third-order valence-corrected chi connectivity index (χ3v) is 13.7. The van der Waals surface area contributed by atoms with E-state index < -0.39 is 0 Å². The van der Waals surface area contributed by atoms with E-state index in [2.05, 4.69) is 71.5 Å². The second kappa shape index (κ2) is 24.9. The van der Waals surface area contributed by atoms with Gasteiger partial charge < -0.3 is 29.8 Å². The van der Waals surface area contributed by atoms with Crippen LogP contribution in [0.5, 0.6) is 5.75 Å². The van der Waals surface area contributed by atoms with Crippen molar-refractivity contribution < 1.29 is 28.7 Å². The zero-order valence-electron chi connectivity index (χ0n) is 38.4. The molecule has 2 aliphatic rings. The minimum atomic E-state index is -0.280.